The molecule has 2 rings (SSSR count). The van der Waals surface area contributed by atoms with Gasteiger partial charge in [-0.3, -0.25) is 4.79 Å². The van der Waals surface area contributed by atoms with Crippen molar-refractivity contribution < 1.29 is 19.0 Å². The van der Waals surface area contributed by atoms with E-state index in [0.29, 0.717) is 54.2 Å². The Morgan fingerprint density at radius 3 is 2.57 bits per heavy atom. The molecule has 0 bridgehead atoms. The number of allylic oxidation sites excluding steroid dienone is 3. The smallest absolute Gasteiger partial charge is 0.235 e. The number of hydrogen-bond donors (Lipinski definition) is 1. The van der Waals surface area contributed by atoms with Crippen LogP contribution < -0.4 is 5.32 Å². The van der Waals surface area contributed by atoms with Crippen molar-refractivity contribution in [3.8, 4) is 0 Å². The molecule has 7 heteroatoms. The van der Waals surface area contributed by atoms with E-state index in [1.807, 2.05) is 12.2 Å². The molecule has 0 atom stereocenters. The summed E-state index contributed by atoms with van der Waals surface area (Å²) in [5.74, 6) is 0.468. The zero-order valence-electron chi connectivity index (χ0n) is 16.1. The Morgan fingerprint density at radius 1 is 1.29 bits per heavy atom. The summed E-state index contributed by atoms with van der Waals surface area (Å²) >= 11 is 12.1. The van der Waals surface area contributed by atoms with Gasteiger partial charge in [0.05, 0.1) is 22.6 Å². The predicted molar refractivity (Wildman–Crippen MR) is 113 cm³/mol. The Labute approximate surface area is 175 Å². The molecular formula is C21H25Cl2NO4. The number of nitrogens with one attached hydrogen (secondary N) is 1. The minimum Gasteiger partial charge on any atom is -0.499 e. The molecule has 1 amide bonds. The zero-order valence-corrected chi connectivity index (χ0v) is 17.6. The van der Waals surface area contributed by atoms with Gasteiger partial charge in [0.1, 0.15) is 12.4 Å². The number of rotatable bonds is 8. The number of ether oxygens (including phenoxy) is 3. The van der Waals surface area contributed by atoms with E-state index >= 15 is 0 Å². The van der Waals surface area contributed by atoms with Crippen molar-refractivity contribution in [2.45, 2.75) is 12.8 Å². The van der Waals surface area contributed by atoms with Crippen LogP contribution in [0.4, 0.5) is 5.69 Å². The van der Waals surface area contributed by atoms with Crippen molar-refractivity contribution in [3.63, 3.8) is 0 Å². The highest BCUT2D eigenvalue weighted by atomic mass is 35.5. The Hall–Kier alpha value is -1.79. The molecule has 1 aliphatic rings. The molecule has 0 radical (unpaired) electrons. The van der Waals surface area contributed by atoms with Gasteiger partial charge in [-0.1, -0.05) is 41.9 Å². The molecule has 1 heterocycles. The van der Waals surface area contributed by atoms with Crippen molar-refractivity contribution >= 4 is 34.8 Å². The van der Waals surface area contributed by atoms with Gasteiger partial charge >= 0.3 is 0 Å². The van der Waals surface area contributed by atoms with Crippen LogP contribution in [0.3, 0.4) is 0 Å². The second-order valence-corrected chi connectivity index (χ2v) is 7.20. The summed E-state index contributed by atoms with van der Waals surface area (Å²) in [6, 6.07) is 5.00. The summed E-state index contributed by atoms with van der Waals surface area (Å²) in [5, 5.41) is 3.78. The number of hydrogen-bond acceptors (Lipinski definition) is 4. The molecule has 1 fully saturated rings. The summed E-state index contributed by atoms with van der Waals surface area (Å²) in [5.41, 5.74) is 0.573. The number of halogens is 2. The molecule has 0 spiro atoms. The lowest BCUT2D eigenvalue weighted by Gasteiger charge is -2.37. The van der Waals surface area contributed by atoms with Crippen molar-refractivity contribution in [3.05, 3.63) is 64.4 Å². The first-order valence-electron chi connectivity index (χ1n) is 8.88. The summed E-state index contributed by atoms with van der Waals surface area (Å²) in [7, 11) is 3.16. The molecule has 5 nitrogen and oxygen atoms in total. The van der Waals surface area contributed by atoms with Crippen molar-refractivity contribution in [1.82, 2.24) is 0 Å². The molecule has 1 aromatic rings. The van der Waals surface area contributed by atoms with Gasteiger partial charge < -0.3 is 19.5 Å². The lowest BCUT2D eigenvalue weighted by atomic mass is 9.72. The monoisotopic (exact) mass is 425 g/mol. The summed E-state index contributed by atoms with van der Waals surface area (Å²) in [4.78, 5) is 13.4. The van der Waals surface area contributed by atoms with Crippen LogP contribution in [0.25, 0.3) is 0 Å². The first-order chi connectivity index (χ1) is 13.5. The molecule has 1 aromatic carbocycles. The number of methoxy groups -OCH3 is 2. The maximum atomic E-state index is 13.4. The maximum Gasteiger partial charge on any atom is 0.235 e. The van der Waals surface area contributed by atoms with E-state index in [-0.39, 0.29) is 5.91 Å². The fraction of sp³-hybridized carbons (Fsp3) is 0.381. The Bertz CT molecular complexity index is 768. The van der Waals surface area contributed by atoms with Gasteiger partial charge in [-0.05, 0) is 42.7 Å². The van der Waals surface area contributed by atoms with Crippen LogP contribution in [0.5, 0.6) is 0 Å². The van der Waals surface area contributed by atoms with E-state index in [1.54, 1.807) is 38.5 Å². The van der Waals surface area contributed by atoms with E-state index < -0.39 is 5.41 Å². The number of carbonyl (C=O) groups is 1. The van der Waals surface area contributed by atoms with Crippen molar-refractivity contribution in [2.75, 3.05) is 39.4 Å². The van der Waals surface area contributed by atoms with Crippen molar-refractivity contribution in [1.29, 1.82) is 0 Å². The average Bonchev–Trinajstić information content (AvgIpc) is 2.70. The van der Waals surface area contributed by atoms with Gasteiger partial charge in [-0.25, -0.2) is 0 Å². The number of amides is 1. The van der Waals surface area contributed by atoms with Gasteiger partial charge in [0, 0.05) is 26.0 Å². The average molecular weight is 426 g/mol. The largest absolute Gasteiger partial charge is 0.499 e. The van der Waals surface area contributed by atoms with Gasteiger partial charge in [0.15, 0.2) is 0 Å². The zero-order chi connectivity index (χ0) is 20.6. The minimum atomic E-state index is -0.796. The molecule has 152 valence electrons. The summed E-state index contributed by atoms with van der Waals surface area (Å²) in [6.07, 6.45) is 6.38. The van der Waals surface area contributed by atoms with Crippen LogP contribution in [0, 0.1) is 5.41 Å². The first-order valence-corrected chi connectivity index (χ1v) is 9.63. The Kier molecular flexibility index (Phi) is 8.58. The second-order valence-electron chi connectivity index (χ2n) is 6.38. The number of anilines is 1. The third-order valence-corrected chi connectivity index (χ3v) is 5.41. The molecule has 0 aliphatic carbocycles. The van der Waals surface area contributed by atoms with E-state index in [4.69, 9.17) is 37.4 Å². The predicted octanol–water partition coefficient (Wildman–Crippen LogP) is 5.02. The van der Waals surface area contributed by atoms with Crippen molar-refractivity contribution in [2.24, 2.45) is 5.41 Å². The lowest BCUT2D eigenvalue weighted by Crippen LogP contribution is -2.42. The van der Waals surface area contributed by atoms with Crippen LogP contribution in [0.1, 0.15) is 12.8 Å². The highest BCUT2D eigenvalue weighted by molar-refractivity contribution is 6.42. The molecular weight excluding hydrogens is 401 g/mol. The molecule has 0 aromatic heterocycles. The van der Waals surface area contributed by atoms with Gasteiger partial charge in [-0.15, -0.1) is 0 Å². The third kappa shape index (κ3) is 5.39. The van der Waals surface area contributed by atoms with Crippen LogP contribution in [0.2, 0.25) is 10.0 Å². The van der Waals surface area contributed by atoms with Gasteiger partial charge in [-0.2, -0.15) is 0 Å². The molecule has 28 heavy (non-hydrogen) atoms. The van der Waals surface area contributed by atoms with Gasteiger partial charge in [0.2, 0.25) is 5.91 Å². The molecule has 1 saturated heterocycles. The summed E-state index contributed by atoms with van der Waals surface area (Å²) in [6.45, 7) is 5.05. The quantitative estimate of drug-likeness (QED) is 0.469. The van der Waals surface area contributed by atoms with Crippen LogP contribution in [-0.4, -0.2) is 39.9 Å². The standard InChI is InChI=1S/C21H25Cl2NO4/c1-4-5-15(12-17(27-3)14-26-2)21(8-10-28-11-9-21)20(25)24-16-6-7-18(22)19(23)13-16/h4-7,12-13H,1,8-11,14H2,2-3H3,(H,24,25). The highest BCUT2D eigenvalue weighted by Gasteiger charge is 2.42. The Morgan fingerprint density at radius 2 is 2.00 bits per heavy atom. The van der Waals surface area contributed by atoms with Crippen LogP contribution in [0.15, 0.2) is 54.3 Å². The van der Waals surface area contributed by atoms with E-state index in [1.165, 1.54) is 0 Å². The number of carbonyl (C=O) groups excluding carboxylic acids is 1. The van der Waals surface area contributed by atoms with E-state index in [2.05, 4.69) is 11.9 Å². The normalized spacial score (nSPS) is 17.1. The summed E-state index contributed by atoms with van der Waals surface area (Å²) < 4.78 is 16.1. The lowest BCUT2D eigenvalue weighted by molar-refractivity contribution is -0.128. The van der Waals surface area contributed by atoms with Crippen LogP contribution in [-0.2, 0) is 19.0 Å². The second kappa shape index (κ2) is 10.7. The molecule has 1 N–H and O–H groups in total. The minimum absolute atomic E-state index is 0.147. The maximum absolute atomic E-state index is 13.4. The van der Waals surface area contributed by atoms with E-state index in [9.17, 15) is 4.79 Å². The highest BCUT2D eigenvalue weighted by Crippen LogP contribution is 2.41. The molecule has 0 saturated carbocycles. The topological polar surface area (TPSA) is 56.8 Å². The van der Waals surface area contributed by atoms with Gasteiger partial charge in [0.25, 0.3) is 0 Å². The number of benzene rings is 1. The SMILES string of the molecule is C=CC=C(C=C(COC)OC)C1(C(=O)Nc2ccc(Cl)c(Cl)c2)CCOCC1. The Balaban J connectivity index is 2.42. The first kappa shape index (κ1) is 22.5. The molecule has 0 unspecified atom stereocenters. The third-order valence-electron chi connectivity index (χ3n) is 4.67. The molecule has 1 aliphatic heterocycles. The van der Waals surface area contributed by atoms with E-state index in [0.717, 1.165) is 5.57 Å². The van der Waals surface area contributed by atoms with Crippen LogP contribution >= 0.6 is 23.2 Å². The fourth-order valence-corrected chi connectivity index (χ4v) is 3.44. The fourth-order valence-electron chi connectivity index (χ4n) is 3.14.